The van der Waals surface area contributed by atoms with E-state index >= 15 is 0 Å². The molecule has 96 valence electrons. The first-order valence-corrected chi connectivity index (χ1v) is 6.48. The molecule has 1 N–H and O–H groups in total. The second-order valence-corrected chi connectivity index (χ2v) is 5.11. The minimum atomic E-state index is 0.0699. The maximum atomic E-state index is 11.5. The zero-order valence-corrected chi connectivity index (χ0v) is 10.7. The molecule has 0 spiro atoms. The summed E-state index contributed by atoms with van der Waals surface area (Å²) in [6.45, 7) is 4.11. The largest absolute Gasteiger partial charge is 0.336 e. The average molecular weight is 267 g/mol. The van der Waals surface area contributed by atoms with Crippen LogP contribution in [0.5, 0.6) is 0 Å². The van der Waals surface area contributed by atoms with Crippen LogP contribution in [0.2, 0.25) is 5.15 Å². The number of pyridine rings is 1. The van der Waals surface area contributed by atoms with Gasteiger partial charge in [-0.05, 0) is 12.1 Å². The fourth-order valence-electron chi connectivity index (χ4n) is 2.58. The third kappa shape index (κ3) is 2.28. The van der Waals surface area contributed by atoms with Gasteiger partial charge in [0.15, 0.2) is 0 Å². The van der Waals surface area contributed by atoms with Crippen molar-refractivity contribution in [2.45, 2.75) is 12.6 Å². The van der Waals surface area contributed by atoms with Crippen LogP contribution in [0.3, 0.4) is 0 Å². The number of carbonyl (C=O) groups excluding carboxylic acids is 1. The molecule has 1 aromatic rings. The number of urea groups is 1. The Labute approximate surface area is 111 Å². The molecule has 2 fully saturated rings. The van der Waals surface area contributed by atoms with Crippen LogP contribution in [0.4, 0.5) is 4.79 Å². The smallest absolute Gasteiger partial charge is 0.317 e. The minimum absolute atomic E-state index is 0.0699. The number of rotatable bonds is 2. The normalized spacial score (nSPS) is 23.9. The molecule has 5 nitrogen and oxygen atoms in total. The van der Waals surface area contributed by atoms with Crippen molar-refractivity contribution in [3.63, 3.8) is 0 Å². The first kappa shape index (κ1) is 11.7. The van der Waals surface area contributed by atoms with Gasteiger partial charge in [0.25, 0.3) is 0 Å². The van der Waals surface area contributed by atoms with Gasteiger partial charge in [-0.15, -0.1) is 0 Å². The van der Waals surface area contributed by atoms with Crippen LogP contribution in [0, 0.1) is 0 Å². The van der Waals surface area contributed by atoms with E-state index < -0.39 is 0 Å². The number of piperazine rings is 1. The van der Waals surface area contributed by atoms with Gasteiger partial charge in [0.2, 0.25) is 0 Å². The molecule has 2 saturated heterocycles. The monoisotopic (exact) mass is 266 g/mol. The molecule has 0 aliphatic carbocycles. The predicted molar refractivity (Wildman–Crippen MR) is 68.4 cm³/mol. The fourth-order valence-corrected chi connectivity index (χ4v) is 2.76. The van der Waals surface area contributed by atoms with Gasteiger partial charge in [0.05, 0.1) is 11.7 Å². The zero-order chi connectivity index (χ0) is 12.5. The summed E-state index contributed by atoms with van der Waals surface area (Å²) in [5, 5.41) is 3.41. The van der Waals surface area contributed by atoms with Gasteiger partial charge in [0.1, 0.15) is 5.15 Å². The van der Waals surface area contributed by atoms with Crippen molar-refractivity contribution in [2.75, 3.05) is 26.2 Å². The van der Waals surface area contributed by atoms with Crippen molar-refractivity contribution >= 4 is 17.6 Å². The van der Waals surface area contributed by atoms with Crippen LogP contribution in [0.25, 0.3) is 0 Å². The van der Waals surface area contributed by atoms with Crippen molar-refractivity contribution < 1.29 is 4.79 Å². The Morgan fingerprint density at radius 1 is 1.44 bits per heavy atom. The first-order chi connectivity index (χ1) is 8.72. The summed E-state index contributed by atoms with van der Waals surface area (Å²) in [6, 6.07) is 6.05. The molecule has 1 atom stereocenters. The predicted octanol–water partition coefficient (Wildman–Crippen LogP) is 0.944. The van der Waals surface area contributed by atoms with E-state index in [9.17, 15) is 4.79 Å². The van der Waals surface area contributed by atoms with Crippen molar-refractivity contribution in [2.24, 2.45) is 0 Å². The number of halogens is 1. The molecule has 2 aliphatic heterocycles. The molecule has 1 unspecified atom stereocenters. The van der Waals surface area contributed by atoms with Crippen molar-refractivity contribution in [3.8, 4) is 0 Å². The molecule has 2 amide bonds. The van der Waals surface area contributed by atoms with E-state index in [1.165, 1.54) is 0 Å². The molecule has 6 heteroatoms. The molecule has 3 heterocycles. The van der Waals surface area contributed by atoms with Gasteiger partial charge < -0.3 is 10.2 Å². The molecule has 2 aliphatic rings. The van der Waals surface area contributed by atoms with Crippen LogP contribution in [-0.2, 0) is 6.54 Å². The van der Waals surface area contributed by atoms with Gasteiger partial charge in [0, 0.05) is 32.7 Å². The number of hydrogen-bond donors (Lipinski definition) is 1. The van der Waals surface area contributed by atoms with Gasteiger partial charge in [-0.1, -0.05) is 17.7 Å². The van der Waals surface area contributed by atoms with Gasteiger partial charge >= 0.3 is 6.03 Å². The lowest BCUT2D eigenvalue weighted by Gasteiger charge is -2.36. The summed E-state index contributed by atoms with van der Waals surface area (Å²) in [5.74, 6) is 0. The summed E-state index contributed by atoms with van der Waals surface area (Å²) >= 11 is 5.88. The van der Waals surface area contributed by atoms with E-state index in [1.807, 2.05) is 17.0 Å². The third-order valence-electron chi connectivity index (χ3n) is 3.48. The van der Waals surface area contributed by atoms with Crippen LogP contribution in [0.15, 0.2) is 18.2 Å². The number of nitrogens with one attached hydrogen (secondary N) is 1. The van der Waals surface area contributed by atoms with Crippen LogP contribution < -0.4 is 5.32 Å². The quantitative estimate of drug-likeness (QED) is 0.811. The fraction of sp³-hybridized carbons (Fsp3) is 0.500. The molecule has 0 bridgehead atoms. The van der Waals surface area contributed by atoms with Gasteiger partial charge in [-0.3, -0.25) is 4.90 Å². The van der Waals surface area contributed by atoms with E-state index in [0.717, 1.165) is 38.4 Å². The average Bonchev–Trinajstić information content (AvgIpc) is 2.71. The Balaban J connectivity index is 1.64. The highest BCUT2D eigenvalue weighted by molar-refractivity contribution is 6.29. The highest BCUT2D eigenvalue weighted by Gasteiger charge is 2.35. The summed E-state index contributed by atoms with van der Waals surface area (Å²) in [7, 11) is 0. The van der Waals surface area contributed by atoms with E-state index in [2.05, 4.69) is 15.2 Å². The SMILES string of the molecule is O=C1NCC2CN(Cc3cccc(Cl)n3)CCN12. The molecular weight excluding hydrogens is 252 g/mol. The van der Waals surface area contributed by atoms with Crippen molar-refractivity contribution in [1.29, 1.82) is 0 Å². The molecule has 0 saturated carbocycles. The summed E-state index contributed by atoms with van der Waals surface area (Å²) in [4.78, 5) is 20.0. The standard InChI is InChI=1S/C12H15ClN4O/c13-11-3-1-2-9(15-11)7-16-4-5-17-10(8-16)6-14-12(17)18/h1-3,10H,4-8H2,(H,14,18). The Kier molecular flexibility index (Phi) is 3.09. The van der Waals surface area contributed by atoms with Gasteiger partial charge in [-0.25, -0.2) is 9.78 Å². The molecular formula is C12H15ClN4O. The minimum Gasteiger partial charge on any atom is -0.336 e. The third-order valence-corrected chi connectivity index (χ3v) is 3.69. The highest BCUT2D eigenvalue weighted by Crippen LogP contribution is 2.16. The summed E-state index contributed by atoms with van der Waals surface area (Å²) < 4.78 is 0. The molecule has 18 heavy (non-hydrogen) atoms. The maximum Gasteiger partial charge on any atom is 0.317 e. The van der Waals surface area contributed by atoms with Crippen LogP contribution in [0.1, 0.15) is 5.69 Å². The number of carbonyl (C=O) groups is 1. The summed E-state index contributed by atoms with van der Waals surface area (Å²) in [5.41, 5.74) is 0.980. The summed E-state index contributed by atoms with van der Waals surface area (Å²) in [6.07, 6.45) is 0. The Bertz CT molecular complexity index is 467. The second kappa shape index (κ2) is 4.74. The van der Waals surface area contributed by atoms with E-state index in [0.29, 0.717) is 11.2 Å². The number of fused-ring (bicyclic) bond motifs is 1. The van der Waals surface area contributed by atoms with Gasteiger partial charge in [-0.2, -0.15) is 0 Å². The highest BCUT2D eigenvalue weighted by atomic mass is 35.5. The van der Waals surface area contributed by atoms with Crippen LogP contribution in [-0.4, -0.2) is 53.0 Å². The lowest BCUT2D eigenvalue weighted by atomic mass is 10.2. The second-order valence-electron chi connectivity index (χ2n) is 4.72. The number of amides is 2. The first-order valence-electron chi connectivity index (χ1n) is 6.10. The Hall–Kier alpha value is -1.33. The molecule has 0 radical (unpaired) electrons. The van der Waals surface area contributed by atoms with E-state index in [-0.39, 0.29) is 6.03 Å². The van der Waals surface area contributed by atoms with Crippen molar-refractivity contribution in [1.82, 2.24) is 20.1 Å². The molecule has 1 aromatic heterocycles. The lowest BCUT2D eigenvalue weighted by molar-refractivity contribution is 0.116. The topological polar surface area (TPSA) is 48.5 Å². The number of aromatic nitrogens is 1. The molecule has 3 rings (SSSR count). The van der Waals surface area contributed by atoms with E-state index in [4.69, 9.17) is 11.6 Å². The van der Waals surface area contributed by atoms with Crippen LogP contribution >= 0.6 is 11.6 Å². The number of hydrogen-bond acceptors (Lipinski definition) is 3. The zero-order valence-electron chi connectivity index (χ0n) is 9.97. The van der Waals surface area contributed by atoms with Crippen molar-refractivity contribution in [3.05, 3.63) is 29.0 Å². The maximum absolute atomic E-state index is 11.5. The Morgan fingerprint density at radius 3 is 3.17 bits per heavy atom. The Morgan fingerprint density at radius 2 is 2.33 bits per heavy atom. The lowest BCUT2D eigenvalue weighted by Crippen LogP contribution is -2.51. The molecule has 0 aromatic carbocycles. The number of nitrogens with zero attached hydrogens (tertiary/aromatic N) is 3. The van der Waals surface area contributed by atoms with E-state index in [1.54, 1.807) is 6.07 Å².